The molecule has 10 heavy (non-hydrogen) atoms. The molecule has 0 aliphatic heterocycles. The van der Waals surface area contributed by atoms with Crippen molar-refractivity contribution >= 4 is 5.91 Å². The molecule has 0 fully saturated rings. The maximum Gasteiger partial charge on any atom is 0.233 e. The Hall–Kier alpha value is -0.830. The number of hydrogen-bond donors (Lipinski definition) is 2. The number of rotatable bonds is 5. The van der Waals surface area contributed by atoms with Gasteiger partial charge in [-0.05, 0) is 19.3 Å². The molecule has 1 amide bonds. The molecule has 0 heterocycles. The summed E-state index contributed by atoms with van der Waals surface area (Å²) in [5.74, 6) is 4.77. The van der Waals surface area contributed by atoms with E-state index < -0.39 is 0 Å². The van der Waals surface area contributed by atoms with Crippen LogP contribution in [0.5, 0.6) is 0 Å². The summed E-state index contributed by atoms with van der Waals surface area (Å²) in [6.45, 7) is 3.57. The summed E-state index contributed by atoms with van der Waals surface area (Å²) in [7, 11) is 0. The fraction of sp³-hybridized carbons (Fsp3) is 0.571. The van der Waals surface area contributed by atoms with E-state index in [0.717, 1.165) is 19.3 Å². The predicted molar refractivity (Wildman–Crippen MR) is 41.0 cm³/mol. The van der Waals surface area contributed by atoms with Crippen LogP contribution >= 0.6 is 0 Å². The molecule has 0 saturated heterocycles. The van der Waals surface area contributed by atoms with Crippen molar-refractivity contribution in [3.05, 3.63) is 12.7 Å². The number of carbonyl (C=O) groups is 1. The van der Waals surface area contributed by atoms with E-state index in [9.17, 15) is 4.79 Å². The molecule has 0 radical (unpaired) electrons. The SMILES string of the molecule is C=CCCCCC(=O)NN. The van der Waals surface area contributed by atoms with Crippen LogP contribution in [0.4, 0.5) is 0 Å². The van der Waals surface area contributed by atoms with Crippen molar-refractivity contribution < 1.29 is 4.79 Å². The van der Waals surface area contributed by atoms with E-state index in [-0.39, 0.29) is 5.91 Å². The Labute approximate surface area is 61.3 Å². The van der Waals surface area contributed by atoms with Crippen molar-refractivity contribution in [1.29, 1.82) is 0 Å². The zero-order chi connectivity index (χ0) is 7.82. The summed E-state index contributed by atoms with van der Waals surface area (Å²) >= 11 is 0. The summed E-state index contributed by atoms with van der Waals surface area (Å²) in [6.07, 6.45) is 5.23. The second-order valence-corrected chi connectivity index (χ2v) is 2.10. The maximum absolute atomic E-state index is 10.5. The molecule has 0 aromatic carbocycles. The van der Waals surface area contributed by atoms with Crippen molar-refractivity contribution in [2.45, 2.75) is 25.7 Å². The summed E-state index contributed by atoms with van der Waals surface area (Å²) in [6, 6.07) is 0. The first-order valence-corrected chi connectivity index (χ1v) is 3.41. The van der Waals surface area contributed by atoms with Gasteiger partial charge in [-0.1, -0.05) is 6.08 Å². The smallest absolute Gasteiger partial charge is 0.233 e. The summed E-state index contributed by atoms with van der Waals surface area (Å²) < 4.78 is 0. The zero-order valence-electron chi connectivity index (χ0n) is 6.10. The molecule has 0 rings (SSSR count). The molecular weight excluding hydrogens is 128 g/mol. The Morgan fingerprint density at radius 1 is 1.60 bits per heavy atom. The Balaban J connectivity index is 3.03. The van der Waals surface area contributed by atoms with E-state index in [1.807, 2.05) is 6.08 Å². The van der Waals surface area contributed by atoms with Crippen LogP contribution in [-0.2, 0) is 4.79 Å². The number of nitrogens with two attached hydrogens (primary N) is 1. The van der Waals surface area contributed by atoms with E-state index in [2.05, 4.69) is 12.0 Å². The van der Waals surface area contributed by atoms with Gasteiger partial charge in [0, 0.05) is 6.42 Å². The van der Waals surface area contributed by atoms with Gasteiger partial charge in [0.05, 0.1) is 0 Å². The average molecular weight is 142 g/mol. The van der Waals surface area contributed by atoms with Crippen LogP contribution < -0.4 is 11.3 Å². The number of allylic oxidation sites excluding steroid dienone is 1. The molecule has 0 spiro atoms. The Morgan fingerprint density at radius 3 is 2.80 bits per heavy atom. The highest BCUT2D eigenvalue weighted by Crippen LogP contribution is 1.98. The first-order valence-electron chi connectivity index (χ1n) is 3.41. The van der Waals surface area contributed by atoms with E-state index in [0.29, 0.717) is 6.42 Å². The summed E-state index contributed by atoms with van der Waals surface area (Å²) in [5.41, 5.74) is 2.08. The lowest BCUT2D eigenvalue weighted by molar-refractivity contribution is -0.121. The summed E-state index contributed by atoms with van der Waals surface area (Å²) in [5, 5.41) is 0. The van der Waals surface area contributed by atoms with Crippen molar-refractivity contribution in [1.82, 2.24) is 5.43 Å². The Kier molecular flexibility index (Phi) is 5.77. The van der Waals surface area contributed by atoms with Gasteiger partial charge in [-0.15, -0.1) is 6.58 Å². The van der Waals surface area contributed by atoms with Gasteiger partial charge >= 0.3 is 0 Å². The second kappa shape index (κ2) is 6.29. The molecule has 0 saturated carbocycles. The molecule has 0 bridgehead atoms. The van der Waals surface area contributed by atoms with Gasteiger partial charge in [0.2, 0.25) is 5.91 Å². The number of carbonyl (C=O) groups excluding carboxylic acids is 1. The molecular formula is C7H14N2O. The lowest BCUT2D eigenvalue weighted by atomic mass is 10.2. The molecule has 0 atom stereocenters. The van der Waals surface area contributed by atoms with Crippen molar-refractivity contribution in [2.24, 2.45) is 5.84 Å². The molecule has 3 heteroatoms. The molecule has 0 aliphatic rings. The third-order valence-electron chi connectivity index (χ3n) is 1.22. The first kappa shape index (κ1) is 9.17. The quantitative estimate of drug-likeness (QED) is 0.195. The number of nitrogens with one attached hydrogen (secondary N) is 1. The topological polar surface area (TPSA) is 55.1 Å². The second-order valence-electron chi connectivity index (χ2n) is 2.10. The van der Waals surface area contributed by atoms with E-state index in [1.165, 1.54) is 0 Å². The third kappa shape index (κ3) is 5.31. The van der Waals surface area contributed by atoms with Crippen LogP contribution in [0.15, 0.2) is 12.7 Å². The van der Waals surface area contributed by atoms with Gasteiger partial charge < -0.3 is 0 Å². The normalized spacial score (nSPS) is 8.90. The first-order chi connectivity index (χ1) is 4.81. The summed E-state index contributed by atoms with van der Waals surface area (Å²) in [4.78, 5) is 10.5. The van der Waals surface area contributed by atoms with Gasteiger partial charge in [-0.3, -0.25) is 10.2 Å². The molecule has 0 aromatic heterocycles. The van der Waals surface area contributed by atoms with Crippen LogP contribution in [0.1, 0.15) is 25.7 Å². The minimum absolute atomic E-state index is 0.0935. The minimum atomic E-state index is -0.0935. The Bertz CT molecular complexity index is 112. The highest BCUT2D eigenvalue weighted by atomic mass is 16.2. The largest absolute Gasteiger partial charge is 0.294 e. The van der Waals surface area contributed by atoms with Gasteiger partial charge in [-0.25, -0.2) is 5.84 Å². The maximum atomic E-state index is 10.5. The fourth-order valence-corrected chi connectivity index (χ4v) is 0.646. The van der Waals surface area contributed by atoms with Gasteiger partial charge in [0.25, 0.3) is 0 Å². The van der Waals surface area contributed by atoms with Crippen molar-refractivity contribution in [3.8, 4) is 0 Å². The number of hydrogen-bond acceptors (Lipinski definition) is 2. The Morgan fingerprint density at radius 2 is 2.30 bits per heavy atom. The van der Waals surface area contributed by atoms with Gasteiger partial charge in [0.15, 0.2) is 0 Å². The standard InChI is InChI=1S/C7H14N2O/c1-2-3-4-5-6-7(10)9-8/h2H,1,3-6,8H2,(H,9,10). The van der Waals surface area contributed by atoms with Crippen LogP contribution in [0.2, 0.25) is 0 Å². The number of hydrazine groups is 1. The number of amides is 1. The van der Waals surface area contributed by atoms with Crippen LogP contribution in [-0.4, -0.2) is 5.91 Å². The zero-order valence-corrected chi connectivity index (χ0v) is 6.10. The molecule has 58 valence electrons. The van der Waals surface area contributed by atoms with Crippen LogP contribution in [0, 0.1) is 0 Å². The fourth-order valence-electron chi connectivity index (χ4n) is 0.646. The average Bonchev–Trinajstić information content (AvgIpc) is 1.98. The van der Waals surface area contributed by atoms with Crippen molar-refractivity contribution in [2.75, 3.05) is 0 Å². The molecule has 0 aromatic rings. The molecule has 0 unspecified atom stereocenters. The predicted octanol–water partition coefficient (Wildman–Crippen LogP) is 0.723. The monoisotopic (exact) mass is 142 g/mol. The van der Waals surface area contributed by atoms with E-state index in [1.54, 1.807) is 0 Å². The minimum Gasteiger partial charge on any atom is -0.294 e. The molecule has 3 N–H and O–H groups in total. The highest BCUT2D eigenvalue weighted by molar-refractivity contribution is 5.74. The van der Waals surface area contributed by atoms with Crippen LogP contribution in [0.3, 0.4) is 0 Å². The van der Waals surface area contributed by atoms with E-state index >= 15 is 0 Å². The van der Waals surface area contributed by atoms with Gasteiger partial charge in [0.1, 0.15) is 0 Å². The lowest BCUT2D eigenvalue weighted by Crippen LogP contribution is -2.29. The van der Waals surface area contributed by atoms with E-state index in [4.69, 9.17) is 5.84 Å². The van der Waals surface area contributed by atoms with Crippen molar-refractivity contribution in [3.63, 3.8) is 0 Å². The molecule has 3 nitrogen and oxygen atoms in total. The van der Waals surface area contributed by atoms with Gasteiger partial charge in [-0.2, -0.15) is 0 Å². The highest BCUT2D eigenvalue weighted by Gasteiger charge is 1.95. The molecule has 0 aliphatic carbocycles. The van der Waals surface area contributed by atoms with Crippen LogP contribution in [0.25, 0.3) is 0 Å². The number of unbranched alkanes of at least 4 members (excludes halogenated alkanes) is 2. The lowest BCUT2D eigenvalue weighted by Gasteiger charge is -1.96. The third-order valence-corrected chi connectivity index (χ3v) is 1.22.